The standard InChI is InChI=1S/C3H7IO4S/c4-9-3(7,8)2(6)1-5/h2,5-8H,1H2. The van der Waals surface area contributed by atoms with Gasteiger partial charge in [-0.2, -0.15) is 0 Å². The third kappa shape index (κ3) is 3.01. The summed E-state index contributed by atoms with van der Waals surface area (Å²) < 4.78 is 0. The van der Waals surface area contributed by atoms with E-state index < -0.39 is 17.8 Å². The van der Waals surface area contributed by atoms with Crippen molar-refractivity contribution in [2.45, 2.75) is 11.2 Å². The van der Waals surface area contributed by atoms with Crippen molar-refractivity contribution < 1.29 is 20.4 Å². The highest BCUT2D eigenvalue weighted by Crippen LogP contribution is 2.28. The quantitative estimate of drug-likeness (QED) is 0.391. The van der Waals surface area contributed by atoms with Crippen LogP contribution in [0.1, 0.15) is 0 Å². The second-order valence-corrected chi connectivity index (χ2v) is 3.51. The predicted molar refractivity (Wildman–Crippen MR) is 41.9 cm³/mol. The normalized spacial score (nSPS) is 15.7. The van der Waals surface area contributed by atoms with Crippen molar-refractivity contribution in [2.75, 3.05) is 6.61 Å². The molecule has 0 amide bonds. The summed E-state index contributed by atoms with van der Waals surface area (Å²) in [6, 6.07) is 0. The van der Waals surface area contributed by atoms with Crippen LogP contribution in [0, 0.1) is 0 Å². The summed E-state index contributed by atoms with van der Waals surface area (Å²) in [4.78, 5) is 0. The Balaban J connectivity index is 3.80. The van der Waals surface area contributed by atoms with E-state index in [0.717, 1.165) is 0 Å². The van der Waals surface area contributed by atoms with E-state index in [1.807, 2.05) is 0 Å². The van der Waals surface area contributed by atoms with Gasteiger partial charge in [-0.05, 0) is 8.93 Å². The van der Waals surface area contributed by atoms with Crippen LogP contribution in [0.15, 0.2) is 0 Å². The maximum absolute atomic E-state index is 8.69. The molecule has 0 rings (SSSR count). The molecule has 0 heterocycles. The summed E-state index contributed by atoms with van der Waals surface area (Å²) in [5.74, 6) is 0. The highest BCUT2D eigenvalue weighted by Gasteiger charge is 2.32. The minimum Gasteiger partial charge on any atom is -0.393 e. The van der Waals surface area contributed by atoms with E-state index in [1.165, 1.54) is 0 Å². The Morgan fingerprint density at radius 3 is 2.11 bits per heavy atom. The summed E-state index contributed by atoms with van der Waals surface area (Å²) in [6.45, 7) is -0.664. The van der Waals surface area contributed by atoms with Crippen LogP contribution in [0.5, 0.6) is 0 Å². The van der Waals surface area contributed by atoms with Crippen LogP contribution in [-0.2, 0) is 0 Å². The SMILES string of the molecule is OCC(O)C(O)(O)SI. The topological polar surface area (TPSA) is 80.9 Å². The predicted octanol–water partition coefficient (Wildman–Crippen LogP) is -0.939. The van der Waals surface area contributed by atoms with Gasteiger partial charge in [0.25, 0.3) is 5.12 Å². The van der Waals surface area contributed by atoms with E-state index in [-0.39, 0.29) is 0 Å². The molecular formula is C3H7IO4S. The van der Waals surface area contributed by atoms with Crippen molar-refractivity contribution in [1.82, 2.24) is 0 Å². The molecule has 0 saturated heterocycles. The zero-order chi connectivity index (χ0) is 7.49. The molecule has 1 unspecified atom stereocenters. The van der Waals surface area contributed by atoms with Crippen LogP contribution < -0.4 is 0 Å². The Morgan fingerprint density at radius 1 is 1.56 bits per heavy atom. The fourth-order valence-corrected chi connectivity index (χ4v) is 1.23. The largest absolute Gasteiger partial charge is 0.393 e. The van der Waals surface area contributed by atoms with Crippen molar-refractivity contribution >= 4 is 30.1 Å². The maximum Gasteiger partial charge on any atom is 0.252 e. The van der Waals surface area contributed by atoms with Gasteiger partial charge in [0.1, 0.15) is 6.10 Å². The van der Waals surface area contributed by atoms with Gasteiger partial charge in [-0.3, -0.25) is 0 Å². The molecule has 6 heteroatoms. The van der Waals surface area contributed by atoms with E-state index in [4.69, 9.17) is 20.4 Å². The number of hydrogen-bond donors (Lipinski definition) is 4. The van der Waals surface area contributed by atoms with E-state index in [9.17, 15) is 0 Å². The molecule has 0 aromatic heterocycles. The van der Waals surface area contributed by atoms with Crippen molar-refractivity contribution in [2.24, 2.45) is 0 Å². The monoisotopic (exact) mass is 266 g/mol. The summed E-state index contributed by atoms with van der Waals surface area (Å²) in [6.07, 6.45) is -1.51. The highest BCUT2D eigenvalue weighted by atomic mass is 127. The lowest BCUT2D eigenvalue weighted by molar-refractivity contribution is -0.162. The molecule has 0 fully saturated rings. The van der Waals surface area contributed by atoms with Gasteiger partial charge in [0, 0.05) is 21.2 Å². The van der Waals surface area contributed by atoms with Crippen LogP contribution >= 0.6 is 30.1 Å². The van der Waals surface area contributed by atoms with Crippen LogP contribution in [0.3, 0.4) is 0 Å². The number of aliphatic hydroxyl groups excluding tert-OH is 2. The molecule has 4 nitrogen and oxygen atoms in total. The number of aliphatic hydroxyl groups is 4. The van der Waals surface area contributed by atoms with Gasteiger partial charge in [0.05, 0.1) is 6.61 Å². The molecule has 56 valence electrons. The van der Waals surface area contributed by atoms with E-state index in [1.54, 1.807) is 21.2 Å². The first-order chi connectivity index (χ1) is 4.04. The number of halogens is 1. The molecule has 1 atom stereocenters. The van der Waals surface area contributed by atoms with Crippen LogP contribution in [-0.4, -0.2) is 38.3 Å². The average molecular weight is 266 g/mol. The zero-order valence-electron chi connectivity index (χ0n) is 4.36. The molecule has 0 radical (unpaired) electrons. The van der Waals surface area contributed by atoms with Crippen molar-refractivity contribution in [1.29, 1.82) is 0 Å². The zero-order valence-corrected chi connectivity index (χ0v) is 7.33. The lowest BCUT2D eigenvalue weighted by Gasteiger charge is -2.21. The van der Waals surface area contributed by atoms with Gasteiger partial charge in [-0.15, -0.1) is 0 Å². The van der Waals surface area contributed by atoms with E-state index in [0.29, 0.717) is 8.93 Å². The molecule has 0 aromatic rings. The van der Waals surface area contributed by atoms with Gasteiger partial charge in [-0.1, -0.05) is 0 Å². The molecule has 0 aromatic carbocycles. The lowest BCUT2D eigenvalue weighted by Crippen LogP contribution is -2.40. The summed E-state index contributed by atoms with van der Waals surface area (Å²) in [5, 5.41) is 32.0. The summed E-state index contributed by atoms with van der Waals surface area (Å²) in [7, 11) is 0.631. The van der Waals surface area contributed by atoms with E-state index >= 15 is 0 Å². The molecule has 0 aliphatic heterocycles. The smallest absolute Gasteiger partial charge is 0.252 e. The lowest BCUT2D eigenvalue weighted by atomic mass is 10.4. The third-order valence-corrected chi connectivity index (χ3v) is 3.16. The highest BCUT2D eigenvalue weighted by molar-refractivity contribution is 14.2. The Kier molecular flexibility index (Phi) is 4.34. The average Bonchev–Trinajstić information content (AvgIpc) is 1.86. The van der Waals surface area contributed by atoms with Gasteiger partial charge >= 0.3 is 0 Å². The molecule has 0 saturated carbocycles. The number of rotatable bonds is 3. The Hall–Kier alpha value is 0.920. The maximum atomic E-state index is 8.69. The summed E-state index contributed by atoms with van der Waals surface area (Å²) >= 11 is 1.61. The van der Waals surface area contributed by atoms with Crippen molar-refractivity contribution in [3.05, 3.63) is 0 Å². The first-order valence-electron chi connectivity index (χ1n) is 2.08. The molecule has 0 aliphatic carbocycles. The van der Waals surface area contributed by atoms with Gasteiger partial charge < -0.3 is 20.4 Å². The molecule has 0 aliphatic rings. The first kappa shape index (κ1) is 9.92. The second kappa shape index (κ2) is 3.94. The van der Waals surface area contributed by atoms with E-state index in [2.05, 4.69) is 0 Å². The van der Waals surface area contributed by atoms with Crippen LogP contribution in [0.25, 0.3) is 0 Å². The van der Waals surface area contributed by atoms with Crippen LogP contribution in [0.4, 0.5) is 0 Å². The van der Waals surface area contributed by atoms with Gasteiger partial charge in [-0.25, -0.2) is 0 Å². The molecule has 0 spiro atoms. The minimum absolute atomic E-state index is 0.631. The van der Waals surface area contributed by atoms with Crippen molar-refractivity contribution in [3.8, 4) is 0 Å². The Morgan fingerprint density at radius 2 is 2.00 bits per heavy atom. The van der Waals surface area contributed by atoms with Gasteiger partial charge in [0.15, 0.2) is 0 Å². The first-order valence-corrected chi connectivity index (χ1v) is 5.44. The third-order valence-electron chi connectivity index (χ3n) is 0.721. The molecule has 4 N–H and O–H groups in total. The van der Waals surface area contributed by atoms with Crippen molar-refractivity contribution in [3.63, 3.8) is 0 Å². The molecule has 0 bridgehead atoms. The van der Waals surface area contributed by atoms with Crippen LogP contribution in [0.2, 0.25) is 0 Å². The minimum atomic E-state index is -2.24. The fraction of sp³-hybridized carbons (Fsp3) is 1.00. The fourth-order valence-electron chi connectivity index (χ4n) is 0.170. The number of hydrogen-bond acceptors (Lipinski definition) is 5. The Labute approximate surface area is 68.5 Å². The second-order valence-electron chi connectivity index (χ2n) is 1.43. The Bertz CT molecular complexity index is 87.9. The van der Waals surface area contributed by atoms with Gasteiger partial charge in [0.2, 0.25) is 0 Å². The molecule has 9 heavy (non-hydrogen) atoms. The summed E-state index contributed by atoms with van der Waals surface area (Å²) in [5.41, 5.74) is 0. The molecular weight excluding hydrogens is 259 g/mol.